The van der Waals surface area contributed by atoms with Crippen molar-refractivity contribution in [3.63, 3.8) is 0 Å². The van der Waals surface area contributed by atoms with E-state index < -0.39 is 0 Å². The van der Waals surface area contributed by atoms with Gasteiger partial charge in [0, 0.05) is 0 Å². The van der Waals surface area contributed by atoms with Gasteiger partial charge in [0.15, 0.2) is 0 Å². The Hall–Kier alpha value is 0.970. The average molecular weight is 176 g/mol. The van der Waals surface area contributed by atoms with Crippen molar-refractivity contribution in [1.82, 2.24) is 5.32 Å². The van der Waals surface area contributed by atoms with Crippen LogP contribution in [0.15, 0.2) is 0 Å². The topological polar surface area (TPSA) is 12.0 Å². The minimum Gasteiger partial charge on any atom is -0.317 e. The highest BCUT2D eigenvalue weighted by molar-refractivity contribution is 7.90. The van der Waals surface area contributed by atoms with Crippen LogP contribution in [0.1, 0.15) is 13.8 Å². The first-order chi connectivity index (χ1) is 3.83. The molecule has 8 heavy (non-hydrogen) atoms. The fourth-order valence-electron chi connectivity index (χ4n) is 0.250. The van der Waals surface area contributed by atoms with Crippen molar-refractivity contribution < 1.29 is 0 Å². The SMILES string of the molecule is CCNCC.ClPCl. The van der Waals surface area contributed by atoms with Crippen molar-refractivity contribution in [1.29, 1.82) is 0 Å². The maximum absolute atomic E-state index is 4.79. The van der Waals surface area contributed by atoms with Crippen LogP contribution < -0.4 is 5.32 Å². The van der Waals surface area contributed by atoms with Gasteiger partial charge in [-0.2, -0.15) is 0 Å². The molecule has 0 amide bonds. The molecule has 0 aromatic heterocycles. The maximum Gasteiger partial charge on any atom is 0.0713 e. The van der Waals surface area contributed by atoms with E-state index in [0.29, 0.717) is 0 Å². The lowest BCUT2D eigenvalue weighted by Gasteiger charge is -1.86. The summed E-state index contributed by atoms with van der Waals surface area (Å²) in [6, 6.07) is 0. The van der Waals surface area contributed by atoms with Crippen LogP contribution in [-0.4, -0.2) is 13.1 Å². The van der Waals surface area contributed by atoms with E-state index >= 15 is 0 Å². The second-order valence-electron chi connectivity index (χ2n) is 1.03. The van der Waals surface area contributed by atoms with E-state index in [9.17, 15) is 0 Å². The van der Waals surface area contributed by atoms with E-state index in [2.05, 4.69) is 19.2 Å². The van der Waals surface area contributed by atoms with Gasteiger partial charge in [0.05, 0.1) is 7.29 Å². The Bertz CT molecular complexity index is 28.0. The molecule has 0 unspecified atom stereocenters. The molecule has 0 spiro atoms. The summed E-state index contributed by atoms with van der Waals surface area (Å²) < 4.78 is 0. The van der Waals surface area contributed by atoms with E-state index in [-0.39, 0.29) is 7.29 Å². The molecule has 4 heteroatoms. The first-order valence-electron chi connectivity index (χ1n) is 2.50. The number of nitrogens with one attached hydrogen (secondary N) is 1. The monoisotopic (exact) mass is 175 g/mol. The van der Waals surface area contributed by atoms with E-state index in [1.807, 2.05) is 0 Å². The van der Waals surface area contributed by atoms with Crippen molar-refractivity contribution in [3.8, 4) is 0 Å². The Kier molecular flexibility index (Phi) is 23.0. The van der Waals surface area contributed by atoms with Gasteiger partial charge in [-0.25, -0.2) is 0 Å². The van der Waals surface area contributed by atoms with Crippen LogP contribution in [0.25, 0.3) is 0 Å². The first-order valence-corrected chi connectivity index (χ1v) is 5.52. The average Bonchev–Trinajstić information content (AvgIpc) is 1.71. The molecule has 0 aromatic rings. The lowest BCUT2D eigenvalue weighted by atomic mass is 10.7. The molecule has 1 N–H and O–H groups in total. The minimum atomic E-state index is 0.0278. The van der Waals surface area contributed by atoms with Crippen LogP contribution in [0.3, 0.4) is 0 Å². The molecule has 0 aliphatic heterocycles. The summed E-state index contributed by atoms with van der Waals surface area (Å²) in [6.45, 7) is 6.39. The lowest BCUT2D eigenvalue weighted by Crippen LogP contribution is -2.09. The fourth-order valence-corrected chi connectivity index (χ4v) is 0.250. The Morgan fingerprint density at radius 1 is 1.25 bits per heavy atom. The third-order valence-electron chi connectivity index (χ3n) is 0.500. The summed E-state index contributed by atoms with van der Waals surface area (Å²) in [4.78, 5) is 0. The predicted molar refractivity (Wildman–Crippen MR) is 44.2 cm³/mol. The number of hydrogen-bond donors (Lipinski definition) is 1. The second kappa shape index (κ2) is 15.7. The molecule has 0 bridgehead atoms. The molecule has 0 saturated carbocycles. The molecule has 0 aliphatic carbocycles. The summed E-state index contributed by atoms with van der Waals surface area (Å²) in [5.74, 6) is 0. The summed E-state index contributed by atoms with van der Waals surface area (Å²) in [6.07, 6.45) is 0. The van der Waals surface area contributed by atoms with Crippen LogP contribution in [0.2, 0.25) is 0 Å². The lowest BCUT2D eigenvalue weighted by molar-refractivity contribution is 0.762. The Morgan fingerprint density at radius 3 is 1.50 bits per heavy atom. The van der Waals surface area contributed by atoms with Gasteiger partial charge >= 0.3 is 0 Å². The van der Waals surface area contributed by atoms with Crippen molar-refractivity contribution in [2.75, 3.05) is 13.1 Å². The Balaban J connectivity index is 0. The van der Waals surface area contributed by atoms with Crippen LogP contribution in [-0.2, 0) is 0 Å². The largest absolute Gasteiger partial charge is 0.317 e. The summed E-state index contributed by atoms with van der Waals surface area (Å²) in [5.41, 5.74) is 0. The zero-order chi connectivity index (χ0) is 6.83. The van der Waals surface area contributed by atoms with E-state index in [0.717, 1.165) is 13.1 Å². The summed E-state index contributed by atoms with van der Waals surface area (Å²) in [5, 5.41) is 3.11. The molecule has 0 heterocycles. The molecule has 0 fully saturated rings. The van der Waals surface area contributed by atoms with Gasteiger partial charge in [-0.3, -0.25) is 0 Å². The Labute approximate surface area is 62.5 Å². The minimum absolute atomic E-state index is 0.0278. The van der Waals surface area contributed by atoms with Gasteiger partial charge in [0.2, 0.25) is 0 Å². The van der Waals surface area contributed by atoms with Crippen molar-refractivity contribution in [3.05, 3.63) is 0 Å². The standard InChI is InChI=1S/C4H11N.Cl2HP/c1-3-5-4-2;1-3-2/h5H,3-4H2,1-2H3;3H. The van der Waals surface area contributed by atoms with E-state index in [4.69, 9.17) is 22.5 Å². The molecular formula is C4H12Cl2NP. The summed E-state index contributed by atoms with van der Waals surface area (Å²) >= 11 is 9.58. The highest BCUT2D eigenvalue weighted by atomic mass is 35.9. The molecule has 52 valence electrons. The summed E-state index contributed by atoms with van der Waals surface area (Å²) in [7, 11) is 0.0278. The normalized spacial score (nSPS) is 7.50. The highest BCUT2D eigenvalue weighted by Gasteiger charge is 1.62. The highest BCUT2D eigenvalue weighted by Crippen LogP contribution is 2.19. The van der Waals surface area contributed by atoms with Gasteiger partial charge < -0.3 is 5.32 Å². The van der Waals surface area contributed by atoms with Gasteiger partial charge in [0.1, 0.15) is 0 Å². The van der Waals surface area contributed by atoms with Gasteiger partial charge in [-0.05, 0) is 13.1 Å². The molecule has 0 saturated heterocycles. The zero-order valence-electron chi connectivity index (χ0n) is 5.17. The molecule has 0 aromatic carbocycles. The predicted octanol–water partition coefficient (Wildman–Crippen LogP) is 2.59. The second-order valence-corrected chi connectivity index (χ2v) is 2.89. The third-order valence-corrected chi connectivity index (χ3v) is 0.500. The van der Waals surface area contributed by atoms with Crippen molar-refractivity contribution >= 4 is 29.8 Å². The van der Waals surface area contributed by atoms with Crippen molar-refractivity contribution in [2.45, 2.75) is 13.8 Å². The quantitative estimate of drug-likeness (QED) is 0.637. The van der Waals surface area contributed by atoms with Crippen molar-refractivity contribution in [2.24, 2.45) is 0 Å². The Morgan fingerprint density at radius 2 is 1.50 bits per heavy atom. The van der Waals surface area contributed by atoms with Crippen LogP contribution in [0.4, 0.5) is 0 Å². The van der Waals surface area contributed by atoms with Gasteiger partial charge in [0.25, 0.3) is 0 Å². The van der Waals surface area contributed by atoms with E-state index in [1.54, 1.807) is 0 Å². The van der Waals surface area contributed by atoms with Gasteiger partial charge in [-0.15, -0.1) is 0 Å². The molecule has 0 aliphatic rings. The molecular weight excluding hydrogens is 164 g/mol. The van der Waals surface area contributed by atoms with Crippen LogP contribution >= 0.6 is 29.8 Å². The number of rotatable bonds is 2. The molecule has 1 nitrogen and oxygen atoms in total. The third kappa shape index (κ3) is 28.2. The smallest absolute Gasteiger partial charge is 0.0713 e. The molecule has 0 atom stereocenters. The first kappa shape index (κ1) is 11.7. The number of halogens is 2. The van der Waals surface area contributed by atoms with Gasteiger partial charge in [-0.1, -0.05) is 36.3 Å². The molecule has 0 radical (unpaired) electrons. The fraction of sp³-hybridized carbons (Fsp3) is 1.00. The van der Waals surface area contributed by atoms with Crippen LogP contribution in [0, 0.1) is 0 Å². The number of hydrogen-bond acceptors (Lipinski definition) is 1. The zero-order valence-corrected chi connectivity index (χ0v) is 7.68. The van der Waals surface area contributed by atoms with E-state index in [1.165, 1.54) is 0 Å². The maximum atomic E-state index is 4.79. The van der Waals surface area contributed by atoms with Crippen LogP contribution in [0.5, 0.6) is 0 Å². The molecule has 0 rings (SSSR count).